The van der Waals surface area contributed by atoms with Gasteiger partial charge in [0.25, 0.3) is 0 Å². The lowest BCUT2D eigenvalue weighted by molar-refractivity contribution is 0.458. The Hall–Kier alpha value is -3.37. The van der Waals surface area contributed by atoms with Crippen LogP contribution in [0.3, 0.4) is 0 Å². The summed E-state index contributed by atoms with van der Waals surface area (Å²) in [6.45, 7) is 4.22. The molecule has 0 aliphatic carbocycles. The number of benzene rings is 4. The molecule has 4 rings (SSSR count). The van der Waals surface area contributed by atoms with Crippen LogP contribution in [0.15, 0.2) is 107 Å². The van der Waals surface area contributed by atoms with Crippen LogP contribution in [-0.4, -0.2) is 13.5 Å². The summed E-state index contributed by atoms with van der Waals surface area (Å²) in [5.74, 6) is -0.147. The summed E-state index contributed by atoms with van der Waals surface area (Å²) in [7, 11) is -3.83. The van der Waals surface area contributed by atoms with E-state index in [0.717, 1.165) is 31.2 Å². The fourth-order valence-corrected chi connectivity index (χ4v) is 6.76. The molecule has 0 amide bonds. The highest BCUT2D eigenvalue weighted by atomic mass is 32.2. The van der Waals surface area contributed by atoms with Crippen LogP contribution in [0.5, 0.6) is 5.75 Å². The lowest BCUT2D eigenvalue weighted by Crippen LogP contribution is -2.07. The van der Waals surface area contributed by atoms with Crippen molar-refractivity contribution in [3.8, 4) is 5.75 Å². The van der Waals surface area contributed by atoms with E-state index >= 15 is 0 Å². The molecule has 3 nitrogen and oxygen atoms in total. The third-order valence-corrected chi connectivity index (χ3v) is 9.39. The van der Waals surface area contributed by atoms with Gasteiger partial charge in [-0.25, -0.2) is 8.42 Å². The van der Waals surface area contributed by atoms with Crippen LogP contribution < -0.4 is 0 Å². The van der Waals surface area contributed by atoms with E-state index in [4.69, 9.17) is 0 Å². The Morgan fingerprint density at radius 2 is 1.33 bits per heavy atom. The number of phenolic OH excluding ortho intramolecular Hbond substituents is 1. The molecule has 4 aromatic carbocycles. The first-order valence-corrected chi connectivity index (χ1v) is 15.6. The number of phenols is 1. The normalized spacial score (nSPS) is 12.4. The first-order valence-electron chi connectivity index (χ1n) is 14.1. The molecule has 39 heavy (non-hydrogen) atoms. The number of hydrogen-bond donors (Lipinski definition) is 1. The summed E-state index contributed by atoms with van der Waals surface area (Å²) < 4.78 is 26.8. The van der Waals surface area contributed by atoms with Gasteiger partial charge in [0.1, 0.15) is 10.6 Å². The first-order chi connectivity index (χ1) is 18.9. The third-order valence-electron chi connectivity index (χ3n) is 7.59. The Morgan fingerprint density at radius 1 is 0.692 bits per heavy atom. The zero-order valence-electron chi connectivity index (χ0n) is 23.1. The van der Waals surface area contributed by atoms with Crippen molar-refractivity contribution in [2.45, 2.75) is 80.9 Å². The smallest absolute Gasteiger partial charge is 0.210 e. The molecule has 204 valence electrons. The highest BCUT2D eigenvalue weighted by molar-refractivity contribution is 7.91. The minimum Gasteiger partial charge on any atom is -0.507 e. The zero-order valence-corrected chi connectivity index (χ0v) is 24.0. The Balaban J connectivity index is 1.46. The molecule has 0 saturated heterocycles. The number of hydrogen-bond acceptors (Lipinski definition) is 3. The van der Waals surface area contributed by atoms with E-state index in [1.807, 2.05) is 6.07 Å². The number of aromatic hydroxyl groups is 1. The van der Waals surface area contributed by atoms with E-state index in [9.17, 15) is 13.5 Å². The third kappa shape index (κ3) is 7.60. The van der Waals surface area contributed by atoms with Crippen molar-refractivity contribution in [1.29, 1.82) is 0 Å². The molecule has 1 atom stereocenters. The lowest BCUT2D eigenvalue weighted by atomic mass is 9.84. The predicted octanol–water partition coefficient (Wildman–Crippen LogP) is 8.95. The van der Waals surface area contributed by atoms with Crippen molar-refractivity contribution >= 4 is 9.84 Å². The standard InChI is InChI=1S/C35H40O3S/c1-27-21-22-28(2)33(25-27)32(20-14-6-4-3-5-9-15-29-16-10-7-11-17-29)30-23-24-34(36)35(26-30)39(37,38)31-18-12-8-13-19-31/h7-8,10-13,16-19,21-26,32,36H,3-6,9,14-15,20H2,1-2H3. The van der Waals surface area contributed by atoms with E-state index in [1.54, 1.807) is 36.4 Å². The second kappa shape index (κ2) is 13.6. The highest BCUT2D eigenvalue weighted by Crippen LogP contribution is 2.37. The summed E-state index contributed by atoms with van der Waals surface area (Å²) in [4.78, 5) is 0.160. The molecule has 4 heteroatoms. The molecule has 0 aromatic heterocycles. The Bertz CT molecular complexity index is 1440. The molecule has 0 spiro atoms. The van der Waals surface area contributed by atoms with Crippen LogP contribution >= 0.6 is 0 Å². The molecule has 1 N–H and O–H groups in total. The largest absolute Gasteiger partial charge is 0.507 e. The number of sulfone groups is 1. The van der Waals surface area contributed by atoms with Crippen LogP contribution in [0, 0.1) is 13.8 Å². The average molecular weight is 541 g/mol. The van der Waals surface area contributed by atoms with Crippen molar-refractivity contribution in [2.75, 3.05) is 0 Å². The van der Waals surface area contributed by atoms with Gasteiger partial charge in [0.2, 0.25) is 9.84 Å². The molecular formula is C35H40O3S. The molecule has 0 aliphatic heterocycles. The zero-order chi connectivity index (χ0) is 27.7. The number of unbranched alkanes of at least 4 members (excludes halogenated alkanes) is 5. The van der Waals surface area contributed by atoms with Gasteiger partial charge in [-0.1, -0.05) is 110 Å². The van der Waals surface area contributed by atoms with E-state index < -0.39 is 9.84 Å². The van der Waals surface area contributed by atoms with Crippen LogP contribution in [0.25, 0.3) is 0 Å². The number of aryl methyl sites for hydroxylation is 3. The topological polar surface area (TPSA) is 54.4 Å². The van der Waals surface area contributed by atoms with Crippen LogP contribution in [0.1, 0.15) is 78.7 Å². The Labute approximate surface area is 234 Å². The quantitative estimate of drug-likeness (QED) is 0.172. The minimum atomic E-state index is -3.83. The second-order valence-corrected chi connectivity index (χ2v) is 12.5. The van der Waals surface area contributed by atoms with E-state index in [0.29, 0.717) is 0 Å². The molecule has 1 unspecified atom stereocenters. The van der Waals surface area contributed by atoms with E-state index in [2.05, 4.69) is 62.4 Å². The fourth-order valence-electron chi connectivity index (χ4n) is 5.36. The average Bonchev–Trinajstić information content (AvgIpc) is 2.95. The predicted molar refractivity (Wildman–Crippen MR) is 160 cm³/mol. The van der Waals surface area contributed by atoms with Crippen molar-refractivity contribution in [3.63, 3.8) is 0 Å². The SMILES string of the molecule is Cc1ccc(C)c(C(CCCCCCCCc2ccccc2)c2ccc(O)c(S(=O)(=O)c3ccccc3)c2)c1. The molecule has 0 aliphatic rings. The second-order valence-electron chi connectivity index (χ2n) is 10.6. The monoisotopic (exact) mass is 540 g/mol. The summed E-state index contributed by atoms with van der Waals surface area (Å²) in [6.07, 6.45) is 9.21. The van der Waals surface area contributed by atoms with Gasteiger partial charge in [-0.15, -0.1) is 0 Å². The van der Waals surface area contributed by atoms with Gasteiger partial charge in [0.05, 0.1) is 4.90 Å². The summed E-state index contributed by atoms with van der Waals surface area (Å²) >= 11 is 0. The van der Waals surface area contributed by atoms with Gasteiger partial charge in [-0.2, -0.15) is 0 Å². The molecule has 0 saturated carbocycles. The molecule has 4 aromatic rings. The van der Waals surface area contributed by atoms with Crippen molar-refractivity contribution in [3.05, 3.63) is 125 Å². The van der Waals surface area contributed by atoms with Gasteiger partial charge in [0, 0.05) is 5.92 Å². The molecular weight excluding hydrogens is 500 g/mol. The van der Waals surface area contributed by atoms with Crippen molar-refractivity contribution < 1.29 is 13.5 Å². The molecule has 0 heterocycles. The molecule has 0 fully saturated rings. The fraction of sp³-hybridized carbons (Fsp3) is 0.314. The maximum Gasteiger partial charge on any atom is 0.210 e. The van der Waals surface area contributed by atoms with Gasteiger partial charge in [0.15, 0.2) is 0 Å². The maximum absolute atomic E-state index is 13.4. The maximum atomic E-state index is 13.4. The van der Waals surface area contributed by atoms with E-state index in [-0.39, 0.29) is 21.5 Å². The Morgan fingerprint density at radius 3 is 2.05 bits per heavy atom. The summed E-state index contributed by atoms with van der Waals surface area (Å²) in [5, 5.41) is 10.6. The van der Waals surface area contributed by atoms with Crippen molar-refractivity contribution in [2.24, 2.45) is 0 Å². The van der Waals surface area contributed by atoms with Crippen LogP contribution in [-0.2, 0) is 16.3 Å². The van der Waals surface area contributed by atoms with Crippen LogP contribution in [0.2, 0.25) is 0 Å². The van der Waals surface area contributed by atoms with Gasteiger partial charge in [-0.05, 0) is 79.6 Å². The first kappa shape index (κ1) is 28.6. The van der Waals surface area contributed by atoms with E-state index in [1.165, 1.54) is 54.0 Å². The summed E-state index contributed by atoms with van der Waals surface area (Å²) in [6, 6.07) is 30.6. The van der Waals surface area contributed by atoms with Gasteiger partial charge >= 0.3 is 0 Å². The summed E-state index contributed by atoms with van der Waals surface area (Å²) in [5.41, 5.74) is 5.96. The molecule has 0 radical (unpaired) electrons. The highest BCUT2D eigenvalue weighted by Gasteiger charge is 2.24. The number of rotatable bonds is 13. The van der Waals surface area contributed by atoms with Crippen LogP contribution in [0.4, 0.5) is 0 Å². The van der Waals surface area contributed by atoms with Gasteiger partial charge < -0.3 is 5.11 Å². The molecule has 0 bridgehead atoms. The van der Waals surface area contributed by atoms with Crippen molar-refractivity contribution in [1.82, 2.24) is 0 Å². The lowest BCUT2D eigenvalue weighted by Gasteiger charge is -2.22. The van der Waals surface area contributed by atoms with Gasteiger partial charge in [-0.3, -0.25) is 0 Å². The minimum absolute atomic E-state index is 0.0278. The Kier molecular flexibility index (Phi) is 10.00.